The highest BCUT2D eigenvalue weighted by Gasteiger charge is 2.20. The van der Waals surface area contributed by atoms with Gasteiger partial charge in [-0.05, 0) is 24.1 Å². The van der Waals surface area contributed by atoms with E-state index in [1.165, 1.54) is 0 Å². The van der Waals surface area contributed by atoms with Crippen LogP contribution in [0.4, 0.5) is 10.5 Å². The lowest BCUT2D eigenvalue weighted by Gasteiger charge is -2.16. The van der Waals surface area contributed by atoms with Gasteiger partial charge in [-0.15, -0.1) is 0 Å². The van der Waals surface area contributed by atoms with Crippen LogP contribution in [-0.2, 0) is 11.2 Å². The number of carboxylic acid groups (broad SMARTS) is 1. The van der Waals surface area contributed by atoms with Crippen molar-refractivity contribution < 1.29 is 14.7 Å². The summed E-state index contributed by atoms with van der Waals surface area (Å²) in [7, 11) is 0. The molecule has 0 saturated carbocycles. The number of anilines is 1. The summed E-state index contributed by atoms with van der Waals surface area (Å²) in [4.78, 5) is 23.3. The minimum absolute atomic E-state index is 0.233. The van der Waals surface area contributed by atoms with Crippen molar-refractivity contribution in [3.8, 4) is 0 Å². The number of urea groups is 1. The van der Waals surface area contributed by atoms with Crippen molar-refractivity contribution in [3.63, 3.8) is 0 Å². The molecule has 0 heterocycles. The predicted molar refractivity (Wildman–Crippen MR) is 84.9 cm³/mol. The molecule has 22 heavy (non-hydrogen) atoms. The first-order valence-corrected chi connectivity index (χ1v) is 6.96. The lowest BCUT2D eigenvalue weighted by atomic mass is 10.1. The summed E-state index contributed by atoms with van der Waals surface area (Å²) in [5.41, 5.74) is 2.42. The van der Waals surface area contributed by atoms with E-state index in [-0.39, 0.29) is 6.42 Å². The van der Waals surface area contributed by atoms with Gasteiger partial charge in [0.05, 0.1) is 0 Å². The van der Waals surface area contributed by atoms with Crippen LogP contribution >= 0.6 is 0 Å². The lowest BCUT2D eigenvalue weighted by Crippen LogP contribution is -2.44. The van der Waals surface area contributed by atoms with Crippen LogP contribution in [0.3, 0.4) is 0 Å². The second-order valence-corrected chi connectivity index (χ2v) is 4.99. The maximum Gasteiger partial charge on any atom is 0.326 e. The highest BCUT2D eigenvalue weighted by atomic mass is 16.4. The molecule has 1 unspecified atom stereocenters. The van der Waals surface area contributed by atoms with Crippen LogP contribution in [0.25, 0.3) is 0 Å². The molecule has 3 N–H and O–H groups in total. The Morgan fingerprint density at radius 2 is 1.68 bits per heavy atom. The van der Waals surface area contributed by atoms with Crippen molar-refractivity contribution in [1.82, 2.24) is 5.32 Å². The maximum absolute atomic E-state index is 12.0. The van der Waals surface area contributed by atoms with Crippen LogP contribution < -0.4 is 10.6 Å². The molecule has 0 fully saturated rings. The molecule has 0 radical (unpaired) electrons. The molecule has 5 heteroatoms. The summed E-state index contributed by atoms with van der Waals surface area (Å²) >= 11 is 0. The first-order chi connectivity index (χ1) is 10.6. The Kier molecular flexibility index (Phi) is 5.14. The van der Waals surface area contributed by atoms with E-state index < -0.39 is 18.0 Å². The van der Waals surface area contributed by atoms with Crippen LogP contribution in [0, 0.1) is 6.92 Å². The van der Waals surface area contributed by atoms with E-state index in [1.807, 2.05) is 49.4 Å². The first-order valence-electron chi connectivity index (χ1n) is 6.96. The summed E-state index contributed by atoms with van der Waals surface area (Å²) in [6.45, 7) is 1.87. The summed E-state index contributed by atoms with van der Waals surface area (Å²) in [6, 6.07) is 15.0. The largest absolute Gasteiger partial charge is 0.480 e. The number of aliphatic carboxylic acids is 1. The summed E-state index contributed by atoms with van der Waals surface area (Å²) < 4.78 is 0. The number of hydrogen-bond donors (Lipinski definition) is 3. The zero-order valence-electron chi connectivity index (χ0n) is 12.2. The van der Waals surface area contributed by atoms with Gasteiger partial charge in [0, 0.05) is 12.1 Å². The van der Waals surface area contributed by atoms with Gasteiger partial charge in [0.1, 0.15) is 6.04 Å². The minimum atomic E-state index is -1.07. The van der Waals surface area contributed by atoms with Gasteiger partial charge in [-0.2, -0.15) is 0 Å². The topological polar surface area (TPSA) is 78.4 Å². The number of rotatable bonds is 5. The van der Waals surface area contributed by atoms with Crippen molar-refractivity contribution in [1.29, 1.82) is 0 Å². The van der Waals surface area contributed by atoms with Crippen molar-refractivity contribution in [3.05, 3.63) is 65.7 Å². The number of carboxylic acids is 1. The molecule has 1 atom stereocenters. The van der Waals surface area contributed by atoms with Crippen molar-refractivity contribution in [2.75, 3.05) is 5.32 Å². The van der Waals surface area contributed by atoms with Crippen molar-refractivity contribution >= 4 is 17.7 Å². The van der Waals surface area contributed by atoms with Gasteiger partial charge in [-0.1, -0.05) is 48.5 Å². The number of aryl methyl sites for hydroxylation is 1. The Labute approximate surface area is 129 Å². The summed E-state index contributed by atoms with van der Waals surface area (Å²) in [6.07, 6.45) is 0.233. The van der Waals surface area contributed by atoms with Gasteiger partial charge in [0.2, 0.25) is 0 Å². The maximum atomic E-state index is 12.0. The Bertz CT molecular complexity index is 656. The van der Waals surface area contributed by atoms with Crippen molar-refractivity contribution in [2.45, 2.75) is 19.4 Å². The first kappa shape index (κ1) is 15.6. The zero-order chi connectivity index (χ0) is 15.9. The van der Waals surface area contributed by atoms with E-state index in [0.29, 0.717) is 5.69 Å². The number of benzene rings is 2. The Balaban J connectivity index is 2.00. The van der Waals surface area contributed by atoms with Gasteiger partial charge in [0.15, 0.2) is 0 Å². The molecule has 114 valence electrons. The van der Waals surface area contributed by atoms with E-state index in [2.05, 4.69) is 10.6 Å². The van der Waals surface area contributed by atoms with Gasteiger partial charge >= 0.3 is 12.0 Å². The average molecular weight is 298 g/mol. The second kappa shape index (κ2) is 7.26. The molecule has 0 aliphatic carbocycles. The monoisotopic (exact) mass is 298 g/mol. The van der Waals surface area contributed by atoms with E-state index in [0.717, 1.165) is 11.1 Å². The minimum Gasteiger partial charge on any atom is -0.480 e. The molecule has 0 saturated heterocycles. The standard InChI is InChI=1S/C17H18N2O3/c1-12-7-5-6-10-14(12)18-17(22)19-15(16(20)21)11-13-8-3-2-4-9-13/h2-10,15H,11H2,1H3,(H,20,21)(H2,18,19,22). The van der Waals surface area contributed by atoms with Crippen LogP contribution in [0.15, 0.2) is 54.6 Å². The molecule has 5 nitrogen and oxygen atoms in total. The molecule has 0 aliphatic rings. The molecule has 2 aromatic rings. The molecule has 2 rings (SSSR count). The smallest absolute Gasteiger partial charge is 0.326 e. The SMILES string of the molecule is Cc1ccccc1NC(=O)NC(Cc1ccccc1)C(=O)O. The number of hydrogen-bond acceptors (Lipinski definition) is 2. The van der Waals surface area contributed by atoms with E-state index >= 15 is 0 Å². The van der Waals surface area contributed by atoms with Gasteiger partial charge in [-0.3, -0.25) is 0 Å². The Morgan fingerprint density at radius 3 is 2.32 bits per heavy atom. The molecule has 2 aromatic carbocycles. The molecule has 2 amide bonds. The fourth-order valence-corrected chi connectivity index (χ4v) is 2.08. The molecule has 0 aromatic heterocycles. The highest BCUT2D eigenvalue weighted by Crippen LogP contribution is 2.13. The Morgan fingerprint density at radius 1 is 1.05 bits per heavy atom. The number of amides is 2. The predicted octanol–water partition coefficient (Wildman–Crippen LogP) is 2.81. The third kappa shape index (κ3) is 4.34. The average Bonchev–Trinajstić information content (AvgIpc) is 2.50. The molecule has 0 bridgehead atoms. The van der Waals surface area contributed by atoms with E-state index in [1.54, 1.807) is 12.1 Å². The highest BCUT2D eigenvalue weighted by molar-refractivity contribution is 5.92. The van der Waals surface area contributed by atoms with Crippen LogP contribution in [0.1, 0.15) is 11.1 Å². The zero-order valence-corrected chi connectivity index (χ0v) is 12.2. The normalized spacial score (nSPS) is 11.5. The summed E-state index contributed by atoms with van der Waals surface area (Å²) in [5, 5.41) is 14.4. The van der Waals surface area contributed by atoms with E-state index in [9.17, 15) is 14.7 Å². The van der Waals surface area contributed by atoms with E-state index in [4.69, 9.17) is 0 Å². The molecule has 0 aliphatic heterocycles. The second-order valence-electron chi connectivity index (χ2n) is 4.99. The third-order valence-electron chi connectivity index (χ3n) is 3.28. The van der Waals surface area contributed by atoms with Gasteiger partial charge in [0.25, 0.3) is 0 Å². The molecular formula is C17H18N2O3. The van der Waals surface area contributed by atoms with Gasteiger partial charge < -0.3 is 15.7 Å². The quantitative estimate of drug-likeness (QED) is 0.794. The van der Waals surface area contributed by atoms with Crippen LogP contribution in [0.5, 0.6) is 0 Å². The number of carbonyl (C=O) groups excluding carboxylic acids is 1. The molecule has 0 spiro atoms. The molecular weight excluding hydrogens is 280 g/mol. The number of para-hydroxylation sites is 1. The fourth-order valence-electron chi connectivity index (χ4n) is 2.08. The van der Waals surface area contributed by atoms with Crippen LogP contribution in [-0.4, -0.2) is 23.1 Å². The van der Waals surface area contributed by atoms with Crippen molar-refractivity contribution in [2.24, 2.45) is 0 Å². The number of carbonyl (C=O) groups is 2. The third-order valence-corrected chi connectivity index (χ3v) is 3.28. The fraction of sp³-hybridized carbons (Fsp3) is 0.176. The summed E-state index contributed by atoms with van der Waals surface area (Å²) in [5.74, 6) is -1.07. The lowest BCUT2D eigenvalue weighted by molar-refractivity contribution is -0.139. The van der Waals surface area contributed by atoms with Gasteiger partial charge in [-0.25, -0.2) is 9.59 Å². The number of nitrogens with one attached hydrogen (secondary N) is 2. The van der Waals surface area contributed by atoms with Crippen LogP contribution in [0.2, 0.25) is 0 Å². The Hall–Kier alpha value is -2.82.